The van der Waals surface area contributed by atoms with Crippen molar-refractivity contribution in [1.82, 2.24) is 9.96 Å². The van der Waals surface area contributed by atoms with Crippen LogP contribution in [0.25, 0.3) is 0 Å². The molecule has 0 aliphatic carbocycles. The second kappa shape index (κ2) is 9.21. The van der Waals surface area contributed by atoms with Gasteiger partial charge < -0.3 is 9.47 Å². The van der Waals surface area contributed by atoms with Crippen molar-refractivity contribution in [3.8, 4) is 0 Å². The molecule has 0 spiro atoms. The number of carbonyl (C=O) groups is 3. The van der Waals surface area contributed by atoms with Crippen LogP contribution in [0.2, 0.25) is 0 Å². The van der Waals surface area contributed by atoms with E-state index in [2.05, 4.69) is 0 Å². The molecule has 1 unspecified atom stereocenters. The van der Waals surface area contributed by atoms with Crippen LogP contribution in [0.3, 0.4) is 0 Å². The van der Waals surface area contributed by atoms with E-state index < -0.39 is 35.3 Å². The summed E-state index contributed by atoms with van der Waals surface area (Å²) in [6.07, 6.45) is -1.63. The smallest absolute Gasteiger partial charge is 0.420 e. The van der Waals surface area contributed by atoms with Gasteiger partial charge in [-0.1, -0.05) is 13.8 Å². The van der Waals surface area contributed by atoms with Crippen LogP contribution in [0, 0.1) is 5.92 Å². The van der Waals surface area contributed by atoms with Gasteiger partial charge in [-0.2, -0.15) is 4.90 Å². The van der Waals surface area contributed by atoms with E-state index in [0.717, 1.165) is 9.96 Å². The first-order valence-corrected chi connectivity index (χ1v) is 8.66. The average molecular weight is 374 g/mol. The molecule has 1 atom stereocenters. The van der Waals surface area contributed by atoms with E-state index in [1.165, 1.54) is 14.2 Å². The molecule has 0 fully saturated rings. The summed E-state index contributed by atoms with van der Waals surface area (Å²) in [5.74, 6) is -0.514. The first-order chi connectivity index (χ1) is 11.6. The Morgan fingerprint density at radius 2 is 1.27 bits per heavy atom. The van der Waals surface area contributed by atoms with Gasteiger partial charge in [-0.05, 0) is 53.9 Å². The number of carbonyl (C=O) groups excluding carboxylic acids is 3. The van der Waals surface area contributed by atoms with E-state index in [1.807, 2.05) is 13.8 Å². The normalized spacial score (nSPS) is 13.2. The van der Waals surface area contributed by atoms with Crippen LogP contribution >= 0.6 is 0 Å². The maximum absolute atomic E-state index is 12.7. The Bertz CT molecular complexity index is 477. The predicted molar refractivity (Wildman–Crippen MR) is 97.3 cm³/mol. The molecule has 0 saturated carbocycles. The molecule has 0 aliphatic rings. The third kappa shape index (κ3) is 8.51. The van der Waals surface area contributed by atoms with Gasteiger partial charge in [0.05, 0.1) is 7.11 Å². The first kappa shape index (κ1) is 24.2. The Balaban J connectivity index is 5.96. The largest absolute Gasteiger partial charge is 0.443 e. The molecule has 0 aromatic carbocycles. The van der Waals surface area contributed by atoms with Crippen LogP contribution in [-0.4, -0.2) is 59.5 Å². The monoisotopic (exact) mass is 374 g/mol. The number of rotatable bonds is 5. The molecule has 0 aromatic heterocycles. The highest BCUT2D eigenvalue weighted by atomic mass is 16.7. The molecule has 0 saturated heterocycles. The second-order valence-corrected chi connectivity index (χ2v) is 8.49. The zero-order valence-corrected chi connectivity index (χ0v) is 17.7. The minimum atomic E-state index is -1.11. The van der Waals surface area contributed by atoms with Gasteiger partial charge in [0.2, 0.25) is 0 Å². The lowest BCUT2D eigenvalue weighted by molar-refractivity contribution is -0.174. The highest BCUT2D eigenvalue weighted by Gasteiger charge is 2.41. The third-order valence-corrected chi connectivity index (χ3v) is 3.06. The second-order valence-electron chi connectivity index (χ2n) is 8.49. The standard InChI is InChI=1S/C18H34N2O6/c1-12(2)11-13(14(21)19(9)24-10)20(15(22)25-17(3,4)5)16(23)26-18(6,7)8/h12-13H,11H2,1-10H3. The maximum Gasteiger partial charge on any atom is 0.420 e. The van der Waals surface area contributed by atoms with Gasteiger partial charge in [-0.3, -0.25) is 9.63 Å². The van der Waals surface area contributed by atoms with Crippen molar-refractivity contribution in [2.45, 2.75) is 79.1 Å². The molecule has 8 nitrogen and oxygen atoms in total. The van der Waals surface area contributed by atoms with E-state index in [9.17, 15) is 14.4 Å². The van der Waals surface area contributed by atoms with Crippen LogP contribution in [0.4, 0.5) is 9.59 Å². The molecule has 0 radical (unpaired) electrons. The number of hydrogen-bond acceptors (Lipinski definition) is 6. The summed E-state index contributed by atoms with van der Waals surface area (Å²) in [6, 6.07) is -1.11. The average Bonchev–Trinajstić information content (AvgIpc) is 2.40. The van der Waals surface area contributed by atoms with E-state index in [-0.39, 0.29) is 12.3 Å². The van der Waals surface area contributed by atoms with Crippen LogP contribution in [0.5, 0.6) is 0 Å². The molecular weight excluding hydrogens is 340 g/mol. The van der Waals surface area contributed by atoms with Gasteiger partial charge in [-0.25, -0.2) is 14.7 Å². The Labute approximate surface area is 156 Å². The predicted octanol–water partition coefficient (Wildman–Crippen LogP) is 3.59. The zero-order chi connectivity index (χ0) is 20.9. The summed E-state index contributed by atoms with van der Waals surface area (Å²) >= 11 is 0. The highest BCUT2D eigenvalue weighted by molar-refractivity contribution is 5.95. The molecule has 152 valence electrons. The van der Waals surface area contributed by atoms with Gasteiger partial charge in [-0.15, -0.1) is 0 Å². The van der Waals surface area contributed by atoms with Gasteiger partial charge in [0.25, 0.3) is 5.91 Å². The fourth-order valence-electron chi connectivity index (χ4n) is 2.01. The minimum absolute atomic E-state index is 0.0292. The Hall–Kier alpha value is -1.83. The molecule has 8 heteroatoms. The Kier molecular flexibility index (Phi) is 8.56. The Morgan fingerprint density at radius 1 is 0.885 bits per heavy atom. The van der Waals surface area contributed by atoms with Crippen molar-refractivity contribution in [2.75, 3.05) is 14.2 Å². The van der Waals surface area contributed by atoms with E-state index >= 15 is 0 Å². The number of hydroxylamine groups is 2. The summed E-state index contributed by atoms with van der Waals surface area (Å²) < 4.78 is 10.7. The summed E-state index contributed by atoms with van der Waals surface area (Å²) in [4.78, 5) is 43.8. The van der Waals surface area contributed by atoms with E-state index in [4.69, 9.17) is 14.3 Å². The summed E-state index contributed by atoms with van der Waals surface area (Å²) in [7, 11) is 2.74. The molecule has 0 rings (SSSR count). The van der Waals surface area contributed by atoms with Crippen LogP contribution in [0.1, 0.15) is 61.8 Å². The lowest BCUT2D eigenvalue weighted by Crippen LogP contribution is -2.55. The van der Waals surface area contributed by atoms with Crippen molar-refractivity contribution in [3.05, 3.63) is 0 Å². The molecule has 0 aliphatic heterocycles. The molecule has 0 aromatic rings. The number of ether oxygens (including phenoxy) is 2. The van der Waals surface area contributed by atoms with Gasteiger partial charge in [0, 0.05) is 7.05 Å². The topological polar surface area (TPSA) is 85.4 Å². The van der Waals surface area contributed by atoms with Gasteiger partial charge in [0.15, 0.2) is 0 Å². The molecule has 0 bridgehead atoms. The number of likely N-dealkylation sites (N-methyl/N-ethyl adjacent to an activating group) is 1. The van der Waals surface area contributed by atoms with Gasteiger partial charge >= 0.3 is 12.2 Å². The molecule has 0 N–H and O–H groups in total. The van der Waals surface area contributed by atoms with Crippen molar-refractivity contribution >= 4 is 18.1 Å². The number of hydrogen-bond donors (Lipinski definition) is 0. The fraction of sp³-hybridized carbons (Fsp3) is 0.833. The zero-order valence-electron chi connectivity index (χ0n) is 17.7. The quantitative estimate of drug-likeness (QED) is 0.684. The lowest BCUT2D eigenvalue weighted by Gasteiger charge is -2.34. The first-order valence-electron chi connectivity index (χ1n) is 8.66. The molecular formula is C18H34N2O6. The van der Waals surface area contributed by atoms with Gasteiger partial charge in [0.1, 0.15) is 17.2 Å². The lowest BCUT2D eigenvalue weighted by atomic mass is 10.0. The fourth-order valence-corrected chi connectivity index (χ4v) is 2.01. The molecule has 0 heterocycles. The van der Waals surface area contributed by atoms with E-state index in [0.29, 0.717) is 0 Å². The SMILES string of the molecule is CON(C)C(=O)C(CC(C)C)N(C(=O)OC(C)(C)C)C(=O)OC(C)(C)C. The number of amides is 3. The van der Waals surface area contributed by atoms with Crippen LogP contribution in [0.15, 0.2) is 0 Å². The van der Waals surface area contributed by atoms with Crippen molar-refractivity contribution in [2.24, 2.45) is 5.92 Å². The van der Waals surface area contributed by atoms with Crippen LogP contribution < -0.4 is 0 Å². The molecule has 3 amide bonds. The highest BCUT2D eigenvalue weighted by Crippen LogP contribution is 2.21. The Morgan fingerprint density at radius 3 is 1.54 bits per heavy atom. The van der Waals surface area contributed by atoms with Crippen molar-refractivity contribution < 1.29 is 28.7 Å². The maximum atomic E-state index is 12.7. The number of nitrogens with zero attached hydrogens (tertiary/aromatic N) is 2. The summed E-state index contributed by atoms with van der Waals surface area (Å²) in [5, 5.41) is 0.981. The minimum Gasteiger partial charge on any atom is -0.443 e. The summed E-state index contributed by atoms with van der Waals surface area (Å²) in [6.45, 7) is 13.8. The molecule has 26 heavy (non-hydrogen) atoms. The van der Waals surface area contributed by atoms with Crippen LogP contribution in [-0.2, 0) is 19.1 Å². The summed E-state index contributed by atoms with van der Waals surface area (Å²) in [5.41, 5.74) is -1.67. The third-order valence-electron chi connectivity index (χ3n) is 3.06. The van der Waals surface area contributed by atoms with Crippen molar-refractivity contribution in [1.29, 1.82) is 0 Å². The van der Waals surface area contributed by atoms with Crippen molar-refractivity contribution in [3.63, 3.8) is 0 Å². The number of imide groups is 1. The van der Waals surface area contributed by atoms with E-state index in [1.54, 1.807) is 41.5 Å².